The molecular formula is C9H17F3N2O2. The molecule has 1 unspecified atom stereocenters. The van der Waals surface area contributed by atoms with Gasteiger partial charge in [-0.25, -0.2) is 4.79 Å². The van der Waals surface area contributed by atoms with Gasteiger partial charge in [0.15, 0.2) is 0 Å². The fourth-order valence-electron chi connectivity index (χ4n) is 1.03. The predicted molar refractivity (Wildman–Crippen MR) is 53.3 cm³/mol. The molecule has 0 aliphatic rings. The molecule has 16 heavy (non-hydrogen) atoms. The molecule has 0 aromatic heterocycles. The van der Waals surface area contributed by atoms with Gasteiger partial charge in [0.2, 0.25) is 5.54 Å². The number of hydrogen-bond donors (Lipinski definition) is 2. The van der Waals surface area contributed by atoms with Gasteiger partial charge in [-0.1, -0.05) is 0 Å². The van der Waals surface area contributed by atoms with Crippen LogP contribution in [-0.2, 0) is 4.79 Å². The zero-order chi connectivity index (χ0) is 13.0. The van der Waals surface area contributed by atoms with Gasteiger partial charge in [0, 0.05) is 0 Å². The molecule has 0 saturated carbocycles. The third-order valence-electron chi connectivity index (χ3n) is 2.26. The fourth-order valence-corrected chi connectivity index (χ4v) is 1.03. The lowest BCUT2D eigenvalue weighted by Gasteiger charge is -2.28. The monoisotopic (exact) mass is 242 g/mol. The van der Waals surface area contributed by atoms with Crippen LogP contribution in [0.2, 0.25) is 0 Å². The fraction of sp³-hybridized carbons (Fsp3) is 0.889. The van der Waals surface area contributed by atoms with Crippen molar-refractivity contribution in [2.24, 2.45) is 0 Å². The molecule has 0 radical (unpaired) electrons. The van der Waals surface area contributed by atoms with Gasteiger partial charge in [-0.3, -0.25) is 5.32 Å². The molecule has 0 aliphatic heterocycles. The van der Waals surface area contributed by atoms with Crippen LogP contribution < -0.4 is 5.32 Å². The molecule has 1 atom stereocenters. The van der Waals surface area contributed by atoms with Gasteiger partial charge in [0.05, 0.1) is 0 Å². The van der Waals surface area contributed by atoms with E-state index >= 15 is 0 Å². The minimum absolute atomic E-state index is 0.000486. The maximum Gasteiger partial charge on any atom is 0.417 e. The first-order chi connectivity index (χ1) is 7.11. The first kappa shape index (κ1) is 15.2. The van der Waals surface area contributed by atoms with Crippen LogP contribution in [0.3, 0.4) is 0 Å². The van der Waals surface area contributed by atoms with Crippen molar-refractivity contribution < 1.29 is 23.1 Å². The van der Waals surface area contributed by atoms with E-state index < -0.39 is 17.7 Å². The summed E-state index contributed by atoms with van der Waals surface area (Å²) in [7, 11) is 3.58. The number of nitrogens with zero attached hydrogens (tertiary/aromatic N) is 1. The van der Waals surface area contributed by atoms with Crippen LogP contribution in [0.25, 0.3) is 0 Å². The van der Waals surface area contributed by atoms with Gasteiger partial charge in [-0.2, -0.15) is 13.2 Å². The molecular weight excluding hydrogens is 225 g/mol. The molecule has 2 N–H and O–H groups in total. The molecule has 0 aliphatic carbocycles. The maximum absolute atomic E-state index is 12.5. The molecule has 0 heterocycles. The number of alkyl halides is 3. The maximum atomic E-state index is 12.5. The van der Waals surface area contributed by atoms with Gasteiger partial charge in [-0.05, 0) is 40.5 Å². The molecule has 0 fully saturated rings. The molecule has 0 spiro atoms. The quantitative estimate of drug-likeness (QED) is 0.680. The van der Waals surface area contributed by atoms with E-state index in [2.05, 4.69) is 0 Å². The van der Waals surface area contributed by atoms with Crippen molar-refractivity contribution in [1.82, 2.24) is 10.2 Å². The van der Waals surface area contributed by atoms with Crippen molar-refractivity contribution in [3.63, 3.8) is 0 Å². The summed E-state index contributed by atoms with van der Waals surface area (Å²) in [5, 5.41) is 10.6. The summed E-state index contributed by atoms with van der Waals surface area (Å²) in [5.74, 6) is -1.91. The standard InChI is InChI=1S/C9H17F3N2O2/c1-8(7(15)16,9(10,11)12)13-5-4-6-14(2)3/h13H,4-6H2,1-3H3,(H,15,16). The topological polar surface area (TPSA) is 52.6 Å². The second-order valence-electron chi connectivity index (χ2n) is 4.01. The minimum Gasteiger partial charge on any atom is -0.480 e. The Hall–Kier alpha value is -0.820. The zero-order valence-electron chi connectivity index (χ0n) is 9.56. The SMILES string of the molecule is CN(C)CCCNC(C)(C(=O)O)C(F)(F)F. The van der Waals surface area contributed by atoms with Crippen molar-refractivity contribution in [3.05, 3.63) is 0 Å². The second-order valence-corrected chi connectivity index (χ2v) is 4.01. The summed E-state index contributed by atoms with van der Waals surface area (Å²) in [6.07, 6.45) is -4.36. The Balaban J connectivity index is 4.32. The van der Waals surface area contributed by atoms with Gasteiger partial charge in [0.1, 0.15) is 0 Å². The summed E-state index contributed by atoms with van der Waals surface area (Å²) >= 11 is 0. The number of nitrogens with one attached hydrogen (secondary N) is 1. The summed E-state index contributed by atoms with van der Waals surface area (Å²) in [4.78, 5) is 12.4. The first-order valence-electron chi connectivity index (χ1n) is 4.81. The molecule has 0 aromatic carbocycles. The third kappa shape index (κ3) is 3.97. The summed E-state index contributed by atoms with van der Waals surface area (Å²) in [5.41, 5.74) is -2.88. The number of carboxylic acids is 1. The predicted octanol–water partition coefficient (Wildman–Crippen LogP) is 0.933. The number of hydrogen-bond acceptors (Lipinski definition) is 3. The van der Waals surface area contributed by atoms with Gasteiger partial charge in [0.25, 0.3) is 0 Å². The van der Waals surface area contributed by atoms with Crippen molar-refractivity contribution in [2.45, 2.75) is 25.1 Å². The highest BCUT2D eigenvalue weighted by Gasteiger charge is 2.56. The smallest absolute Gasteiger partial charge is 0.417 e. The Morgan fingerprint density at radius 1 is 1.38 bits per heavy atom. The molecule has 0 bridgehead atoms. The Kier molecular flexibility index (Phi) is 5.21. The van der Waals surface area contributed by atoms with Crippen molar-refractivity contribution in [3.8, 4) is 0 Å². The normalized spacial score (nSPS) is 16.2. The zero-order valence-corrected chi connectivity index (χ0v) is 9.56. The molecule has 7 heteroatoms. The molecule has 0 amide bonds. The van der Waals surface area contributed by atoms with Crippen LogP contribution in [0.4, 0.5) is 13.2 Å². The van der Waals surface area contributed by atoms with E-state index in [1.54, 1.807) is 14.1 Å². The summed E-state index contributed by atoms with van der Waals surface area (Å²) in [6.45, 7) is 1.23. The van der Waals surface area contributed by atoms with E-state index in [-0.39, 0.29) is 6.54 Å². The molecule has 0 rings (SSSR count). The Bertz CT molecular complexity index is 243. The van der Waals surface area contributed by atoms with E-state index in [1.165, 1.54) is 0 Å². The molecule has 96 valence electrons. The van der Waals surface area contributed by atoms with Crippen LogP contribution in [0, 0.1) is 0 Å². The lowest BCUT2D eigenvalue weighted by molar-refractivity contribution is -0.205. The molecule has 4 nitrogen and oxygen atoms in total. The Morgan fingerprint density at radius 3 is 2.19 bits per heavy atom. The number of rotatable bonds is 6. The van der Waals surface area contributed by atoms with Crippen molar-refractivity contribution >= 4 is 5.97 Å². The van der Waals surface area contributed by atoms with E-state index in [4.69, 9.17) is 5.11 Å². The van der Waals surface area contributed by atoms with Crippen LogP contribution in [-0.4, -0.2) is 54.9 Å². The number of carbonyl (C=O) groups is 1. The van der Waals surface area contributed by atoms with Gasteiger partial charge < -0.3 is 10.0 Å². The molecule has 0 aromatic rings. The van der Waals surface area contributed by atoms with Gasteiger partial charge in [-0.15, -0.1) is 0 Å². The second kappa shape index (κ2) is 5.49. The van der Waals surface area contributed by atoms with Crippen LogP contribution >= 0.6 is 0 Å². The van der Waals surface area contributed by atoms with E-state index in [1.807, 2.05) is 10.2 Å². The van der Waals surface area contributed by atoms with E-state index in [9.17, 15) is 18.0 Å². The van der Waals surface area contributed by atoms with Crippen molar-refractivity contribution in [1.29, 1.82) is 0 Å². The Morgan fingerprint density at radius 2 is 1.88 bits per heavy atom. The van der Waals surface area contributed by atoms with Crippen LogP contribution in [0.5, 0.6) is 0 Å². The van der Waals surface area contributed by atoms with Crippen LogP contribution in [0.15, 0.2) is 0 Å². The Labute approximate surface area is 92.4 Å². The highest BCUT2D eigenvalue weighted by Crippen LogP contribution is 2.30. The number of carboxylic acid groups (broad SMARTS) is 1. The van der Waals surface area contributed by atoms with Gasteiger partial charge >= 0.3 is 12.1 Å². The van der Waals surface area contributed by atoms with E-state index in [0.717, 1.165) is 0 Å². The summed E-state index contributed by atoms with van der Waals surface area (Å²) < 4.78 is 37.5. The number of aliphatic carboxylic acids is 1. The van der Waals surface area contributed by atoms with E-state index in [0.29, 0.717) is 19.9 Å². The third-order valence-corrected chi connectivity index (χ3v) is 2.26. The summed E-state index contributed by atoms with van der Waals surface area (Å²) in [6, 6.07) is 0. The highest BCUT2D eigenvalue weighted by molar-refractivity contribution is 5.79. The average Bonchev–Trinajstić information content (AvgIpc) is 2.09. The number of halogens is 3. The lowest BCUT2D eigenvalue weighted by Crippen LogP contribution is -2.60. The van der Waals surface area contributed by atoms with Crippen molar-refractivity contribution in [2.75, 3.05) is 27.2 Å². The van der Waals surface area contributed by atoms with Crippen LogP contribution in [0.1, 0.15) is 13.3 Å². The highest BCUT2D eigenvalue weighted by atomic mass is 19.4. The average molecular weight is 242 g/mol. The largest absolute Gasteiger partial charge is 0.480 e. The minimum atomic E-state index is -4.81. The lowest BCUT2D eigenvalue weighted by atomic mass is 10.0. The molecule has 0 saturated heterocycles. The first-order valence-corrected chi connectivity index (χ1v) is 4.81.